The second kappa shape index (κ2) is 6.95. The maximum Gasteiger partial charge on any atom is 0.243 e. The van der Waals surface area contributed by atoms with Crippen LogP contribution in [-0.4, -0.2) is 32.4 Å². The summed E-state index contributed by atoms with van der Waals surface area (Å²) in [7, 11) is -1.77. The first-order chi connectivity index (χ1) is 11.5. The molecule has 1 aliphatic rings. The Hall–Kier alpha value is -1.85. The lowest BCUT2D eigenvalue weighted by Gasteiger charge is -2.32. The summed E-state index contributed by atoms with van der Waals surface area (Å²) in [5.74, 6) is 0.803. The average Bonchev–Trinajstić information content (AvgIpc) is 2.62. The maximum absolute atomic E-state index is 12.8. The van der Waals surface area contributed by atoms with Gasteiger partial charge in [0.25, 0.3) is 0 Å². The average molecular weight is 345 g/mol. The molecule has 0 radical (unpaired) electrons. The monoisotopic (exact) mass is 345 g/mol. The predicted octanol–water partition coefficient (Wildman–Crippen LogP) is 3.93. The van der Waals surface area contributed by atoms with E-state index in [1.807, 2.05) is 43.3 Å². The van der Waals surface area contributed by atoms with Crippen molar-refractivity contribution in [1.29, 1.82) is 0 Å². The first kappa shape index (κ1) is 17.0. The molecule has 0 unspecified atom stereocenters. The number of ether oxygens (including phenoxy) is 1. The number of methoxy groups -OCH3 is 1. The highest BCUT2D eigenvalue weighted by Crippen LogP contribution is 2.28. The molecule has 1 saturated heterocycles. The fraction of sp³-hybridized carbons (Fsp3) is 0.368. The van der Waals surface area contributed by atoms with E-state index in [0.717, 1.165) is 36.1 Å². The van der Waals surface area contributed by atoms with Gasteiger partial charge in [0, 0.05) is 12.6 Å². The molecule has 128 valence electrons. The molecular formula is C19H23NO3S. The van der Waals surface area contributed by atoms with Gasteiger partial charge in [-0.05, 0) is 55.2 Å². The Bertz CT molecular complexity index is 782. The highest BCUT2D eigenvalue weighted by atomic mass is 32.2. The molecular weight excluding hydrogens is 322 g/mol. The topological polar surface area (TPSA) is 46.6 Å². The Balaban J connectivity index is 1.85. The van der Waals surface area contributed by atoms with Crippen LogP contribution in [0, 0.1) is 0 Å². The van der Waals surface area contributed by atoms with Gasteiger partial charge in [0.1, 0.15) is 5.75 Å². The second-order valence-electron chi connectivity index (χ2n) is 6.21. The van der Waals surface area contributed by atoms with Crippen LogP contribution in [0.15, 0.2) is 53.4 Å². The first-order valence-electron chi connectivity index (χ1n) is 8.29. The van der Waals surface area contributed by atoms with Crippen molar-refractivity contribution in [1.82, 2.24) is 4.31 Å². The van der Waals surface area contributed by atoms with Crippen LogP contribution in [0.4, 0.5) is 0 Å². The van der Waals surface area contributed by atoms with Crippen LogP contribution in [0.1, 0.15) is 26.2 Å². The number of sulfonamides is 1. The lowest BCUT2D eigenvalue weighted by molar-refractivity contribution is 0.268. The van der Waals surface area contributed by atoms with Crippen molar-refractivity contribution >= 4 is 10.0 Å². The van der Waals surface area contributed by atoms with Crippen molar-refractivity contribution in [2.45, 2.75) is 37.1 Å². The summed E-state index contributed by atoms with van der Waals surface area (Å²) in [6.45, 7) is 2.60. The molecule has 4 nitrogen and oxygen atoms in total. The highest BCUT2D eigenvalue weighted by molar-refractivity contribution is 7.89. The van der Waals surface area contributed by atoms with Crippen molar-refractivity contribution < 1.29 is 13.2 Å². The van der Waals surface area contributed by atoms with Crippen LogP contribution < -0.4 is 4.74 Å². The van der Waals surface area contributed by atoms with Crippen LogP contribution >= 0.6 is 0 Å². The molecule has 0 spiro atoms. The van der Waals surface area contributed by atoms with Gasteiger partial charge in [-0.2, -0.15) is 4.31 Å². The van der Waals surface area contributed by atoms with Crippen molar-refractivity contribution in [3.8, 4) is 16.9 Å². The normalized spacial score (nSPS) is 19.2. The first-order valence-corrected chi connectivity index (χ1v) is 9.73. The van der Waals surface area contributed by atoms with E-state index < -0.39 is 10.0 Å². The lowest BCUT2D eigenvalue weighted by Crippen LogP contribution is -2.41. The molecule has 2 aromatic rings. The fourth-order valence-electron chi connectivity index (χ4n) is 3.17. The number of hydrogen-bond acceptors (Lipinski definition) is 3. The Morgan fingerprint density at radius 3 is 2.08 bits per heavy atom. The maximum atomic E-state index is 12.8. The van der Waals surface area contributed by atoms with Crippen LogP contribution in [0.5, 0.6) is 5.75 Å². The van der Waals surface area contributed by atoms with Gasteiger partial charge in [0.05, 0.1) is 12.0 Å². The zero-order valence-electron chi connectivity index (χ0n) is 14.1. The van der Waals surface area contributed by atoms with Gasteiger partial charge < -0.3 is 4.74 Å². The van der Waals surface area contributed by atoms with E-state index in [9.17, 15) is 8.42 Å². The molecule has 1 aliphatic heterocycles. The van der Waals surface area contributed by atoms with E-state index in [0.29, 0.717) is 11.4 Å². The molecule has 0 aliphatic carbocycles. The third kappa shape index (κ3) is 3.32. The molecule has 24 heavy (non-hydrogen) atoms. The molecule has 0 N–H and O–H groups in total. The van der Waals surface area contributed by atoms with Crippen LogP contribution in [-0.2, 0) is 10.0 Å². The van der Waals surface area contributed by atoms with E-state index in [-0.39, 0.29) is 6.04 Å². The van der Waals surface area contributed by atoms with Gasteiger partial charge >= 0.3 is 0 Å². The highest BCUT2D eigenvalue weighted by Gasteiger charge is 2.30. The van der Waals surface area contributed by atoms with E-state index in [1.54, 1.807) is 23.5 Å². The summed E-state index contributed by atoms with van der Waals surface area (Å²) in [5, 5.41) is 0. The minimum atomic E-state index is -3.41. The fourth-order valence-corrected chi connectivity index (χ4v) is 4.87. The molecule has 1 fully saturated rings. The number of piperidine rings is 1. The summed E-state index contributed by atoms with van der Waals surface area (Å²) >= 11 is 0. The summed E-state index contributed by atoms with van der Waals surface area (Å²) < 4.78 is 32.5. The quantitative estimate of drug-likeness (QED) is 0.843. The zero-order chi connectivity index (χ0) is 17.2. The molecule has 1 atom stereocenters. The third-order valence-electron chi connectivity index (χ3n) is 4.63. The molecule has 0 amide bonds. The van der Waals surface area contributed by atoms with Gasteiger partial charge in [0.15, 0.2) is 0 Å². The largest absolute Gasteiger partial charge is 0.497 e. The smallest absolute Gasteiger partial charge is 0.243 e. The molecule has 5 heteroatoms. The molecule has 1 heterocycles. The Labute approximate surface area is 144 Å². The SMILES string of the molecule is COc1ccc(-c2ccc(S(=O)(=O)N3CCCC[C@@H]3C)cc2)cc1. The Morgan fingerprint density at radius 2 is 1.54 bits per heavy atom. The minimum absolute atomic E-state index is 0.0741. The summed E-state index contributed by atoms with van der Waals surface area (Å²) in [5.41, 5.74) is 2.02. The molecule has 0 saturated carbocycles. The predicted molar refractivity (Wildman–Crippen MR) is 95.6 cm³/mol. The summed E-state index contributed by atoms with van der Waals surface area (Å²) in [6, 6.07) is 14.9. The number of benzene rings is 2. The van der Waals surface area contributed by atoms with Gasteiger partial charge in [0.2, 0.25) is 10.0 Å². The lowest BCUT2D eigenvalue weighted by atomic mass is 10.1. The number of hydrogen-bond donors (Lipinski definition) is 0. The van der Waals surface area contributed by atoms with Crippen LogP contribution in [0.3, 0.4) is 0 Å². The molecule has 0 aromatic heterocycles. The van der Waals surface area contributed by atoms with E-state index in [1.165, 1.54) is 0 Å². The standard InChI is InChI=1S/C19H23NO3S/c1-15-5-3-4-14-20(15)24(21,22)19-12-8-17(9-13-19)16-6-10-18(23-2)11-7-16/h6-13,15H,3-5,14H2,1-2H3/t15-/m0/s1. The number of nitrogens with zero attached hydrogens (tertiary/aromatic N) is 1. The van der Waals surface area contributed by atoms with E-state index in [2.05, 4.69) is 0 Å². The van der Waals surface area contributed by atoms with Gasteiger partial charge in [-0.3, -0.25) is 0 Å². The second-order valence-corrected chi connectivity index (χ2v) is 8.10. The van der Waals surface area contributed by atoms with Crippen molar-refractivity contribution in [2.75, 3.05) is 13.7 Å². The van der Waals surface area contributed by atoms with Crippen molar-refractivity contribution in [3.63, 3.8) is 0 Å². The molecule has 2 aromatic carbocycles. The number of rotatable bonds is 4. The van der Waals surface area contributed by atoms with Crippen LogP contribution in [0.2, 0.25) is 0 Å². The minimum Gasteiger partial charge on any atom is -0.497 e. The van der Waals surface area contributed by atoms with E-state index >= 15 is 0 Å². The van der Waals surface area contributed by atoms with Crippen molar-refractivity contribution in [2.24, 2.45) is 0 Å². The van der Waals surface area contributed by atoms with Gasteiger partial charge in [-0.25, -0.2) is 8.42 Å². The Kier molecular flexibility index (Phi) is 4.92. The van der Waals surface area contributed by atoms with Gasteiger partial charge in [-0.1, -0.05) is 30.7 Å². The third-order valence-corrected chi connectivity index (χ3v) is 6.65. The summed E-state index contributed by atoms with van der Waals surface area (Å²) in [4.78, 5) is 0.369. The summed E-state index contributed by atoms with van der Waals surface area (Å²) in [6.07, 6.45) is 2.97. The van der Waals surface area contributed by atoms with E-state index in [4.69, 9.17) is 4.74 Å². The zero-order valence-corrected chi connectivity index (χ0v) is 14.9. The van der Waals surface area contributed by atoms with Gasteiger partial charge in [-0.15, -0.1) is 0 Å². The Morgan fingerprint density at radius 1 is 0.958 bits per heavy atom. The molecule has 0 bridgehead atoms. The molecule has 3 rings (SSSR count). The van der Waals surface area contributed by atoms with Crippen molar-refractivity contribution in [3.05, 3.63) is 48.5 Å². The van der Waals surface area contributed by atoms with Crippen LogP contribution in [0.25, 0.3) is 11.1 Å².